The number of piperidine rings is 1. The zero-order chi connectivity index (χ0) is 31.6. The molecule has 0 radical (unpaired) electrons. The zero-order valence-corrected chi connectivity index (χ0v) is 29.6. The van der Waals surface area contributed by atoms with Crippen LogP contribution in [0.15, 0.2) is 47.1 Å². The Morgan fingerprint density at radius 1 is 1.05 bits per heavy atom. The van der Waals surface area contributed by atoms with Crippen LogP contribution in [0.4, 0.5) is 23.1 Å². The van der Waals surface area contributed by atoms with E-state index in [1.165, 1.54) is 42.6 Å². The van der Waals surface area contributed by atoms with Gasteiger partial charge in [-0.25, -0.2) is 4.98 Å². The SMILES string of the molecule is Cc1ccc(Nc2nc(Nc3cc(C)c(C4=CCN(C5CCN(C)CC5)CC4)cc3OC(C)C)ncc2Br)c(P(C)(C)=O)c1. The molecule has 0 atom stereocenters. The van der Waals surface area contributed by atoms with E-state index in [-0.39, 0.29) is 6.10 Å². The van der Waals surface area contributed by atoms with Crippen molar-refractivity contribution in [3.05, 3.63) is 63.8 Å². The van der Waals surface area contributed by atoms with Crippen LogP contribution in [0.3, 0.4) is 0 Å². The first-order chi connectivity index (χ1) is 20.9. The number of nitrogens with zero attached hydrogens (tertiary/aromatic N) is 4. The molecule has 10 heteroatoms. The van der Waals surface area contributed by atoms with E-state index in [1.54, 1.807) is 19.5 Å². The summed E-state index contributed by atoms with van der Waals surface area (Å²) < 4.78 is 20.1. The van der Waals surface area contributed by atoms with Gasteiger partial charge in [0, 0.05) is 30.6 Å². The molecule has 2 aromatic carbocycles. The number of ether oxygens (including phenoxy) is 1. The lowest BCUT2D eigenvalue weighted by Gasteiger charge is -2.39. The number of rotatable bonds is 9. The van der Waals surface area contributed by atoms with Crippen molar-refractivity contribution in [3.63, 3.8) is 0 Å². The minimum atomic E-state index is -2.52. The molecule has 44 heavy (non-hydrogen) atoms. The first-order valence-corrected chi connectivity index (χ1v) is 18.9. The average molecular weight is 682 g/mol. The maximum Gasteiger partial charge on any atom is 0.229 e. The van der Waals surface area contributed by atoms with E-state index in [1.807, 2.05) is 39.0 Å². The summed E-state index contributed by atoms with van der Waals surface area (Å²) in [5.74, 6) is 1.80. The Morgan fingerprint density at radius 3 is 2.45 bits per heavy atom. The predicted octanol–water partition coefficient (Wildman–Crippen LogP) is 7.56. The van der Waals surface area contributed by atoms with Crippen LogP contribution >= 0.6 is 23.1 Å². The third kappa shape index (κ3) is 7.92. The number of aromatic nitrogens is 2. The van der Waals surface area contributed by atoms with Gasteiger partial charge in [-0.1, -0.05) is 17.7 Å². The molecule has 2 N–H and O–H groups in total. The molecule has 0 spiro atoms. The molecule has 3 heterocycles. The molecule has 1 fully saturated rings. The van der Waals surface area contributed by atoms with Crippen molar-refractivity contribution in [1.29, 1.82) is 0 Å². The highest BCUT2D eigenvalue weighted by Crippen LogP contribution is 2.40. The predicted molar refractivity (Wildman–Crippen MR) is 188 cm³/mol. The third-order valence-electron chi connectivity index (χ3n) is 8.46. The Morgan fingerprint density at radius 2 is 1.80 bits per heavy atom. The van der Waals surface area contributed by atoms with Crippen molar-refractivity contribution in [2.24, 2.45) is 0 Å². The number of anilines is 4. The molecule has 1 saturated heterocycles. The van der Waals surface area contributed by atoms with Crippen LogP contribution in [0.5, 0.6) is 5.75 Å². The summed E-state index contributed by atoms with van der Waals surface area (Å²) in [6.45, 7) is 16.3. The van der Waals surface area contributed by atoms with Gasteiger partial charge in [0.1, 0.15) is 18.7 Å². The number of nitrogens with one attached hydrogen (secondary N) is 2. The summed E-state index contributed by atoms with van der Waals surface area (Å²) >= 11 is 3.59. The molecular weight excluding hydrogens is 635 g/mol. The number of aryl methyl sites for hydroxylation is 2. The van der Waals surface area contributed by atoms with Crippen LogP contribution in [-0.4, -0.2) is 78.5 Å². The van der Waals surface area contributed by atoms with Crippen molar-refractivity contribution in [1.82, 2.24) is 19.8 Å². The summed E-state index contributed by atoms with van der Waals surface area (Å²) in [6.07, 6.45) is 7.69. The molecule has 2 aliphatic rings. The van der Waals surface area contributed by atoms with E-state index in [0.29, 0.717) is 22.3 Å². The van der Waals surface area contributed by atoms with Gasteiger partial charge in [0.05, 0.1) is 22.0 Å². The molecule has 236 valence electrons. The number of likely N-dealkylation sites (tertiary alicyclic amines) is 1. The fourth-order valence-corrected chi connectivity index (χ4v) is 7.58. The fraction of sp³-hybridized carbons (Fsp3) is 0.471. The van der Waals surface area contributed by atoms with Crippen molar-refractivity contribution in [3.8, 4) is 5.75 Å². The van der Waals surface area contributed by atoms with E-state index < -0.39 is 7.14 Å². The van der Waals surface area contributed by atoms with Gasteiger partial charge in [-0.3, -0.25) is 4.90 Å². The van der Waals surface area contributed by atoms with Crippen LogP contribution in [0.25, 0.3) is 5.57 Å². The minimum absolute atomic E-state index is 0.00756. The Kier molecular flexibility index (Phi) is 10.2. The Balaban J connectivity index is 1.39. The van der Waals surface area contributed by atoms with Crippen LogP contribution < -0.4 is 20.7 Å². The van der Waals surface area contributed by atoms with Gasteiger partial charge in [-0.2, -0.15) is 4.98 Å². The molecular formula is C34H46BrN6O2P. The molecule has 3 aromatic rings. The number of hydrogen-bond acceptors (Lipinski definition) is 8. The second kappa shape index (κ2) is 13.7. The van der Waals surface area contributed by atoms with Crippen LogP contribution in [0.1, 0.15) is 49.8 Å². The molecule has 0 bridgehead atoms. The Hall–Kier alpha value is -2.71. The summed E-state index contributed by atoms with van der Waals surface area (Å²) in [5, 5.41) is 7.59. The molecule has 1 aromatic heterocycles. The fourth-order valence-electron chi connectivity index (χ4n) is 6.06. The van der Waals surface area contributed by atoms with Crippen molar-refractivity contribution < 1.29 is 9.30 Å². The van der Waals surface area contributed by atoms with Gasteiger partial charge < -0.3 is 24.8 Å². The molecule has 8 nitrogen and oxygen atoms in total. The van der Waals surface area contributed by atoms with E-state index in [0.717, 1.165) is 47.5 Å². The molecule has 0 unspecified atom stereocenters. The summed E-state index contributed by atoms with van der Waals surface area (Å²) in [5.41, 5.74) is 6.46. The molecule has 0 amide bonds. The van der Waals surface area contributed by atoms with Gasteiger partial charge in [-0.05, 0) is 137 Å². The van der Waals surface area contributed by atoms with E-state index in [4.69, 9.17) is 9.72 Å². The lowest BCUT2D eigenvalue weighted by Crippen LogP contribution is -2.45. The minimum Gasteiger partial charge on any atom is -0.489 e. The van der Waals surface area contributed by atoms with Gasteiger partial charge in [0.15, 0.2) is 0 Å². The van der Waals surface area contributed by atoms with Crippen LogP contribution in [-0.2, 0) is 4.57 Å². The maximum absolute atomic E-state index is 13.1. The largest absolute Gasteiger partial charge is 0.489 e. The first-order valence-electron chi connectivity index (χ1n) is 15.5. The van der Waals surface area contributed by atoms with Gasteiger partial charge in [0.2, 0.25) is 5.95 Å². The molecule has 0 saturated carbocycles. The maximum atomic E-state index is 13.1. The second-order valence-corrected chi connectivity index (χ2v) is 16.9. The standard InChI is InChI=1S/C34H46BrN6O2P/c1-22(2)43-31-20-27(25-10-16-41(17-11-25)26-12-14-40(5)15-13-26)24(4)19-30(31)38-34-36-21-28(35)33(39-34)37-29-9-8-23(3)18-32(29)44(6,7)42/h8-10,18-22,26H,11-17H2,1-7H3,(H2,36,37,38,39). The van der Waals surface area contributed by atoms with E-state index in [9.17, 15) is 4.57 Å². The monoisotopic (exact) mass is 680 g/mol. The summed E-state index contributed by atoms with van der Waals surface area (Å²) in [7, 11) is -0.297. The normalized spacial score (nSPS) is 17.1. The summed E-state index contributed by atoms with van der Waals surface area (Å²) in [6, 6.07) is 10.9. The van der Waals surface area contributed by atoms with E-state index >= 15 is 0 Å². The highest BCUT2D eigenvalue weighted by atomic mass is 79.9. The lowest BCUT2D eigenvalue weighted by atomic mass is 9.93. The summed E-state index contributed by atoms with van der Waals surface area (Å²) in [4.78, 5) is 14.4. The average Bonchev–Trinajstić information content (AvgIpc) is 2.97. The highest BCUT2D eigenvalue weighted by molar-refractivity contribution is 9.10. The smallest absolute Gasteiger partial charge is 0.229 e. The van der Waals surface area contributed by atoms with Crippen LogP contribution in [0, 0.1) is 13.8 Å². The third-order valence-corrected chi connectivity index (χ3v) is 10.6. The second-order valence-electron chi connectivity index (χ2n) is 12.9. The number of hydrogen-bond donors (Lipinski definition) is 2. The molecule has 0 aliphatic carbocycles. The van der Waals surface area contributed by atoms with Crippen molar-refractivity contribution in [2.45, 2.75) is 59.1 Å². The van der Waals surface area contributed by atoms with Crippen molar-refractivity contribution >= 4 is 57.1 Å². The van der Waals surface area contributed by atoms with Crippen molar-refractivity contribution in [2.75, 3.05) is 57.2 Å². The van der Waals surface area contributed by atoms with Gasteiger partial charge >= 0.3 is 0 Å². The van der Waals surface area contributed by atoms with Gasteiger partial charge in [0.25, 0.3) is 0 Å². The van der Waals surface area contributed by atoms with E-state index in [2.05, 4.69) is 73.5 Å². The van der Waals surface area contributed by atoms with Gasteiger partial charge in [-0.15, -0.1) is 0 Å². The quantitative estimate of drug-likeness (QED) is 0.224. The zero-order valence-electron chi connectivity index (χ0n) is 27.1. The Labute approximate surface area is 271 Å². The first kappa shape index (κ1) is 32.7. The Bertz CT molecular complexity index is 1580. The van der Waals surface area contributed by atoms with Crippen LogP contribution in [0.2, 0.25) is 0 Å². The number of halogens is 1. The molecule has 2 aliphatic heterocycles. The topological polar surface area (TPSA) is 82.6 Å². The highest BCUT2D eigenvalue weighted by Gasteiger charge is 2.26. The lowest BCUT2D eigenvalue weighted by molar-refractivity contribution is 0.131. The molecule has 5 rings (SSSR count). The number of benzene rings is 2.